The minimum Gasteiger partial charge on any atom is -0.493 e. The quantitative estimate of drug-likeness (QED) is 0.317. The largest absolute Gasteiger partial charge is 0.493 e. The lowest BCUT2D eigenvalue weighted by Gasteiger charge is -2.38. The number of benzene rings is 3. The minimum absolute atomic E-state index is 0.0247. The molecule has 5 rings (SSSR count). The van der Waals surface area contributed by atoms with Crippen LogP contribution in [0.15, 0.2) is 72.8 Å². The van der Waals surface area contributed by atoms with E-state index in [0.29, 0.717) is 18.1 Å². The van der Waals surface area contributed by atoms with E-state index in [0.717, 1.165) is 48.8 Å². The van der Waals surface area contributed by atoms with Crippen molar-refractivity contribution in [3.05, 3.63) is 95.1 Å². The highest BCUT2D eigenvalue weighted by atomic mass is 16.5. The lowest BCUT2D eigenvalue weighted by molar-refractivity contribution is -0.161. The van der Waals surface area contributed by atoms with Crippen LogP contribution in [0.5, 0.6) is 11.5 Å². The van der Waals surface area contributed by atoms with Gasteiger partial charge in [-0.25, -0.2) is 4.79 Å². The molecule has 0 bridgehead atoms. The maximum atomic E-state index is 14.2. The predicted molar refractivity (Wildman–Crippen MR) is 151 cm³/mol. The van der Waals surface area contributed by atoms with Crippen molar-refractivity contribution in [2.75, 3.05) is 20.8 Å². The number of amides is 1. The summed E-state index contributed by atoms with van der Waals surface area (Å²) in [4.78, 5) is 28.9. The first kappa shape index (κ1) is 27.7. The molecule has 210 valence electrons. The summed E-state index contributed by atoms with van der Waals surface area (Å²) >= 11 is 0. The fourth-order valence-electron chi connectivity index (χ4n) is 5.70. The Hall–Kier alpha value is -3.84. The summed E-state index contributed by atoms with van der Waals surface area (Å²) in [6.07, 6.45) is 4.28. The van der Waals surface area contributed by atoms with E-state index in [1.165, 1.54) is 12.7 Å². The molecule has 0 aromatic heterocycles. The van der Waals surface area contributed by atoms with Gasteiger partial charge in [-0.05, 0) is 35.6 Å². The third-order valence-electron chi connectivity index (χ3n) is 7.85. The van der Waals surface area contributed by atoms with Crippen molar-refractivity contribution in [3.8, 4) is 11.5 Å². The number of nitrogens with zero attached hydrogens (tertiary/aromatic N) is 1. The van der Waals surface area contributed by atoms with Crippen molar-refractivity contribution in [1.29, 1.82) is 0 Å². The summed E-state index contributed by atoms with van der Waals surface area (Å²) in [6.45, 7) is 0.692. The van der Waals surface area contributed by atoms with Crippen LogP contribution in [0.1, 0.15) is 54.0 Å². The van der Waals surface area contributed by atoms with Crippen LogP contribution in [0.25, 0.3) is 0 Å². The van der Waals surface area contributed by atoms with Gasteiger partial charge in [0.05, 0.1) is 26.9 Å². The second-order valence-corrected chi connectivity index (χ2v) is 10.4. The molecule has 1 heterocycles. The molecule has 3 aromatic carbocycles. The van der Waals surface area contributed by atoms with Gasteiger partial charge in [-0.15, -0.1) is 0 Å². The molecule has 1 aliphatic carbocycles. The van der Waals surface area contributed by atoms with Crippen LogP contribution < -0.4 is 9.47 Å². The maximum Gasteiger partial charge on any atom is 0.328 e. The number of methoxy groups -OCH3 is 2. The van der Waals surface area contributed by atoms with Crippen molar-refractivity contribution >= 4 is 11.9 Å². The van der Waals surface area contributed by atoms with Crippen LogP contribution in [-0.2, 0) is 38.4 Å². The number of hydrogen-bond acceptors (Lipinski definition) is 6. The van der Waals surface area contributed by atoms with E-state index in [1.807, 2.05) is 60.7 Å². The first-order chi connectivity index (χ1) is 19.6. The second kappa shape index (κ2) is 13.0. The number of carbonyl (C=O) groups is 2. The van der Waals surface area contributed by atoms with E-state index < -0.39 is 18.1 Å². The number of esters is 1. The summed E-state index contributed by atoms with van der Waals surface area (Å²) in [5, 5.41) is 0. The Balaban J connectivity index is 1.44. The molecule has 1 fully saturated rings. The summed E-state index contributed by atoms with van der Waals surface area (Å²) in [5.74, 6) is 0.506. The molecule has 2 aliphatic rings. The molecule has 7 nitrogen and oxygen atoms in total. The third kappa shape index (κ3) is 6.15. The number of fused-ring (bicyclic) bond motifs is 1. The summed E-state index contributed by atoms with van der Waals surface area (Å²) in [7, 11) is 2.96. The maximum absolute atomic E-state index is 14.2. The normalized spacial score (nSPS) is 17.6. The molecule has 1 amide bonds. The Morgan fingerprint density at radius 2 is 1.62 bits per heavy atom. The van der Waals surface area contributed by atoms with Crippen molar-refractivity contribution in [3.63, 3.8) is 0 Å². The monoisotopic (exact) mass is 543 g/mol. The summed E-state index contributed by atoms with van der Waals surface area (Å²) in [6, 6.07) is 22.7. The molecule has 0 radical (unpaired) electrons. The van der Waals surface area contributed by atoms with E-state index in [4.69, 9.17) is 18.9 Å². The molecular formula is C33H37NO6. The molecule has 7 heteroatoms. The van der Waals surface area contributed by atoms with E-state index >= 15 is 0 Å². The zero-order chi connectivity index (χ0) is 27.9. The molecule has 2 atom stereocenters. The van der Waals surface area contributed by atoms with Gasteiger partial charge < -0.3 is 23.8 Å². The fraction of sp³-hybridized carbons (Fsp3) is 0.394. The Labute approximate surface area is 236 Å². The van der Waals surface area contributed by atoms with Crippen LogP contribution in [0, 0.1) is 0 Å². The van der Waals surface area contributed by atoms with Gasteiger partial charge in [0, 0.05) is 24.9 Å². The molecule has 0 saturated heterocycles. The Bertz CT molecular complexity index is 1290. The van der Waals surface area contributed by atoms with Crippen LogP contribution in [-0.4, -0.2) is 49.7 Å². The van der Waals surface area contributed by atoms with E-state index in [2.05, 4.69) is 12.1 Å². The first-order valence-electron chi connectivity index (χ1n) is 14.0. The standard InChI is InChI=1S/C33H37NO6/c1-37-29-18-17-25-22-34(32(35)30(24-13-7-4-8-14-24)40-26-15-9-10-16-26)28(33(36)38-2)21-27(25)31(29)39-20-19-23-11-5-3-6-12-23/h3-8,11-14,17-18,26,28,30H,9-10,15-16,19-22H2,1-2H3/t28-,30-/m0/s1. The van der Waals surface area contributed by atoms with Crippen molar-refractivity contribution in [2.45, 2.75) is 63.3 Å². The van der Waals surface area contributed by atoms with E-state index in [9.17, 15) is 9.59 Å². The molecule has 1 saturated carbocycles. The van der Waals surface area contributed by atoms with Crippen molar-refractivity contribution < 1.29 is 28.5 Å². The zero-order valence-corrected chi connectivity index (χ0v) is 23.2. The molecule has 0 spiro atoms. The molecule has 40 heavy (non-hydrogen) atoms. The Morgan fingerprint density at radius 3 is 2.30 bits per heavy atom. The molecule has 1 aliphatic heterocycles. The smallest absolute Gasteiger partial charge is 0.328 e. The number of hydrogen-bond donors (Lipinski definition) is 0. The third-order valence-corrected chi connectivity index (χ3v) is 7.85. The summed E-state index contributed by atoms with van der Waals surface area (Å²) < 4.78 is 23.6. The topological polar surface area (TPSA) is 74.3 Å². The van der Waals surface area contributed by atoms with Gasteiger partial charge in [0.25, 0.3) is 5.91 Å². The van der Waals surface area contributed by atoms with Crippen molar-refractivity contribution in [2.24, 2.45) is 0 Å². The average molecular weight is 544 g/mol. The SMILES string of the molecule is COC(=O)[C@@H]1Cc2c(ccc(OC)c2OCCc2ccccc2)CN1C(=O)[C@@H](OC1CCCC1)c1ccccc1. The Kier molecular flexibility index (Phi) is 9.01. The zero-order valence-electron chi connectivity index (χ0n) is 23.2. The average Bonchev–Trinajstić information content (AvgIpc) is 3.53. The van der Waals surface area contributed by atoms with Gasteiger partial charge in [-0.2, -0.15) is 0 Å². The predicted octanol–water partition coefficient (Wildman–Crippen LogP) is 5.44. The number of rotatable bonds is 10. The molecular weight excluding hydrogens is 506 g/mol. The lowest BCUT2D eigenvalue weighted by atomic mass is 9.91. The number of ether oxygens (including phenoxy) is 4. The van der Waals surface area contributed by atoms with Gasteiger partial charge in [0.1, 0.15) is 6.04 Å². The number of carbonyl (C=O) groups excluding carboxylic acids is 2. The highest BCUT2D eigenvalue weighted by molar-refractivity contribution is 5.89. The van der Waals surface area contributed by atoms with E-state index in [1.54, 1.807) is 12.0 Å². The second-order valence-electron chi connectivity index (χ2n) is 10.4. The Morgan fingerprint density at radius 1 is 0.925 bits per heavy atom. The first-order valence-corrected chi connectivity index (χ1v) is 14.0. The van der Waals surface area contributed by atoms with E-state index in [-0.39, 0.29) is 25.0 Å². The van der Waals surface area contributed by atoms with Crippen molar-refractivity contribution in [1.82, 2.24) is 4.90 Å². The van der Waals surface area contributed by atoms with Gasteiger partial charge in [0.15, 0.2) is 17.6 Å². The summed E-state index contributed by atoms with van der Waals surface area (Å²) in [5.41, 5.74) is 3.73. The molecule has 0 N–H and O–H groups in total. The van der Waals surface area contributed by atoms with Crippen LogP contribution >= 0.6 is 0 Å². The molecule has 0 unspecified atom stereocenters. The molecule has 3 aromatic rings. The van der Waals surface area contributed by atoms with Gasteiger partial charge in [0.2, 0.25) is 0 Å². The van der Waals surface area contributed by atoms with Crippen LogP contribution in [0.4, 0.5) is 0 Å². The van der Waals surface area contributed by atoms with Crippen LogP contribution in [0.3, 0.4) is 0 Å². The fourth-order valence-corrected chi connectivity index (χ4v) is 5.70. The van der Waals surface area contributed by atoms with Gasteiger partial charge in [-0.3, -0.25) is 4.79 Å². The van der Waals surface area contributed by atoms with Crippen LogP contribution in [0.2, 0.25) is 0 Å². The highest BCUT2D eigenvalue weighted by Crippen LogP contribution is 2.40. The lowest BCUT2D eigenvalue weighted by Crippen LogP contribution is -2.51. The van der Waals surface area contributed by atoms with Gasteiger partial charge >= 0.3 is 5.97 Å². The highest BCUT2D eigenvalue weighted by Gasteiger charge is 2.41. The minimum atomic E-state index is -0.813. The van der Waals surface area contributed by atoms with Gasteiger partial charge in [-0.1, -0.05) is 79.6 Å².